The lowest BCUT2D eigenvalue weighted by Crippen LogP contribution is -2.09. The second-order valence-corrected chi connectivity index (χ2v) is 3.47. The molecule has 4 nitrogen and oxygen atoms in total. The highest BCUT2D eigenvalue weighted by Gasteiger charge is 2.15. The Bertz CT molecular complexity index is 503. The molecule has 0 unspecified atom stereocenters. The van der Waals surface area contributed by atoms with Crippen molar-refractivity contribution >= 4 is 11.6 Å². The van der Waals surface area contributed by atoms with Gasteiger partial charge in [-0.15, -0.1) is 5.10 Å². The summed E-state index contributed by atoms with van der Waals surface area (Å²) in [4.78, 5) is 0. The normalized spacial score (nSPS) is 10.8. The lowest BCUT2D eigenvalue weighted by atomic mass is 10.3. The zero-order chi connectivity index (χ0) is 11.7. The molecule has 16 heavy (non-hydrogen) atoms. The van der Waals surface area contributed by atoms with Gasteiger partial charge in [-0.2, -0.15) is 0 Å². The number of rotatable bonds is 2. The standard InChI is InChI=1S/C9H7ClF2N4/c10-7-1-5(11)2-8(12)9(7)16-6(3-13)4-14-15-16/h1-2,4H,3,13H2. The molecule has 1 heterocycles. The lowest BCUT2D eigenvalue weighted by molar-refractivity contribution is 0.569. The minimum atomic E-state index is -0.815. The number of halogens is 3. The fraction of sp³-hybridized carbons (Fsp3) is 0.111. The predicted molar refractivity (Wildman–Crippen MR) is 54.2 cm³/mol. The van der Waals surface area contributed by atoms with Crippen molar-refractivity contribution in [2.45, 2.75) is 6.54 Å². The van der Waals surface area contributed by atoms with Crippen molar-refractivity contribution in [3.8, 4) is 5.69 Å². The van der Waals surface area contributed by atoms with Crippen LogP contribution in [0.4, 0.5) is 8.78 Å². The van der Waals surface area contributed by atoms with Crippen LogP contribution in [0.15, 0.2) is 18.3 Å². The molecular formula is C9H7ClF2N4. The molecule has 7 heteroatoms. The minimum absolute atomic E-state index is 0.0546. The van der Waals surface area contributed by atoms with Crippen LogP contribution >= 0.6 is 11.6 Å². The number of hydrogen-bond acceptors (Lipinski definition) is 3. The van der Waals surface area contributed by atoms with Crippen molar-refractivity contribution < 1.29 is 8.78 Å². The van der Waals surface area contributed by atoms with Gasteiger partial charge < -0.3 is 5.73 Å². The molecule has 2 aromatic rings. The van der Waals surface area contributed by atoms with E-state index in [0.29, 0.717) is 5.69 Å². The summed E-state index contributed by atoms with van der Waals surface area (Å²) in [5.41, 5.74) is 5.85. The number of aromatic nitrogens is 3. The summed E-state index contributed by atoms with van der Waals surface area (Å²) in [6, 6.07) is 1.73. The number of benzene rings is 1. The largest absolute Gasteiger partial charge is 0.325 e. The zero-order valence-corrected chi connectivity index (χ0v) is 8.75. The molecule has 84 valence electrons. The Morgan fingerprint density at radius 1 is 1.38 bits per heavy atom. The van der Waals surface area contributed by atoms with E-state index in [4.69, 9.17) is 17.3 Å². The third-order valence-electron chi connectivity index (χ3n) is 2.02. The van der Waals surface area contributed by atoms with E-state index in [1.807, 2.05) is 0 Å². The van der Waals surface area contributed by atoms with Crippen LogP contribution in [0.25, 0.3) is 5.69 Å². The number of hydrogen-bond donors (Lipinski definition) is 1. The van der Waals surface area contributed by atoms with E-state index in [1.165, 1.54) is 6.20 Å². The van der Waals surface area contributed by atoms with E-state index in [1.54, 1.807) is 0 Å². The van der Waals surface area contributed by atoms with Crippen LogP contribution < -0.4 is 5.73 Å². The molecule has 0 saturated heterocycles. The Hall–Kier alpha value is -1.53. The van der Waals surface area contributed by atoms with Crippen LogP contribution in [-0.2, 0) is 6.54 Å². The first kappa shape index (κ1) is 11.0. The van der Waals surface area contributed by atoms with Gasteiger partial charge in [-0.05, 0) is 6.07 Å². The molecule has 0 aliphatic heterocycles. The van der Waals surface area contributed by atoms with Gasteiger partial charge in [-0.1, -0.05) is 16.8 Å². The molecule has 1 aromatic carbocycles. The van der Waals surface area contributed by atoms with Gasteiger partial charge >= 0.3 is 0 Å². The first-order valence-electron chi connectivity index (χ1n) is 4.38. The average Bonchev–Trinajstić information content (AvgIpc) is 2.64. The molecular weight excluding hydrogens is 238 g/mol. The molecule has 0 amide bonds. The molecule has 1 aromatic heterocycles. The van der Waals surface area contributed by atoms with Crippen LogP contribution in [0, 0.1) is 11.6 Å². The molecule has 2 N–H and O–H groups in total. The molecule has 2 rings (SSSR count). The van der Waals surface area contributed by atoms with Crippen molar-refractivity contribution in [2.24, 2.45) is 5.73 Å². The van der Waals surface area contributed by atoms with Gasteiger partial charge in [-0.3, -0.25) is 0 Å². The Morgan fingerprint density at radius 3 is 2.75 bits per heavy atom. The van der Waals surface area contributed by atoms with Crippen molar-refractivity contribution in [1.29, 1.82) is 0 Å². The topological polar surface area (TPSA) is 56.7 Å². The van der Waals surface area contributed by atoms with Crippen molar-refractivity contribution in [3.05, 3.63) is 40.7 Å². The van der Waals surface area contributed by atoms with Crippen LogP contribution in [-0.4, -0.2) is 15.0 Å². The van der Waals surface area contributed by atoms with Gasteiger partial charge in [-0.25, -0.2) is 13.5 Å². The van der Waals surface area contributed by atoms with Crippen LogP contribution in [0.5, 0.6) is 0 Å². The summed E-state index contributed by atoms with van der Waals surface area (Å²) in [6.45, 7) is 0.125. The lowest BCUT2D eigenvalue weighted by Gasteiger charge is -2.07. The van der Waals surface area contributed by atoms with Crippen molar-refractivity contribution in [2.75, 3.05) is 0 Å². The Balaban J connectivity index is 2.64. The van der Waals surface area contributed by atoms with E-state index in [2.05, 4.69) is 10.3 Å². The van der Waals surface area contributed by atoms with E-state index in [9.17, 15) is 8.78 Å². The summed E-state index contributed by atoms with van der Waals surface area (Å²) < 4.78 is 27.5. The molecule has 0 bridgehead atoms. The summed E-state index contributed by atoms with van der Waals surface area (Å²) >= 11 is 5.75. The third-order valence-corrected chi connectivity index (χ3v) is 2.31. The van der Waals surface area contributed by atoms with Crippen LogP contribution in [0.2, 0.25) is 5.02 Å². The minimum Gasteiger partial charge on any atom is -0.325 e. The maximum Gasteiger partial charge on any atom is 0.153 e. The smallest absolute Gasteiger partial charge is 0.153 e. The quantitative estimate of drug-likeness (QED) is 0.874. The van der Waals surface area contributed by atoms with Gasteiger partial charge in [0.1, 0.15) is 11.5 Å². The molecule has 0 spiro atoms. The molecule has 0 saturated carbocycles. The van der Waals surface area contributed by atoms with Gasteiger partial charge in [0.2, 0.25) is 0 Å². The van der Waals surface area contributed by atoms with Crippen molar-refractivity contribution in [3.63, 3.8) is 0 Å². The molecule has 0 aliphatic rings. The van der Waals surface area contributed by atoms with Crippen molar-refractivity contribution in [1.82, 2.24) is 15.0 Å². The van der Waals surface area contributed by atoms with Gasteiger partial charge in [0.25, 0.3) is 0 Å². The second-order valence-electron chi connectivity index (χ2n) is 3.06. The second kappa shape index (κ2) is 4.15. The predicted octanol–water partition coefficient (Wildman–Crippen LogP) is 1.66. The Kier molecular flexibility index (Phi) is 2.84. The summed E-state index contributed by atoms with van der Waals surface area (Å²) in [6.07, 6.45) is 1.39. The molecule has 0 atom stereocenters. The average molecular weight is 245 g/mol. The van der Waals surface area contributed by atoms with E-state index < -0.39 is 11.6 Å². The highest BCUT2D eigenvalue weighted by molar-refractivity contribution is 6.32. The maximum absolute atomic E-state index is 13.5. The summed E-state index contributed by atoms with van der Waals surface area (Å²) in [7, 11) is 0. The van der Waals surface area contributed by atoms with E-state index in [0.717, 1.165) is 16.8 Å². The molecule has 0 radical (unpaired) electrons. The van der Waals surface area contributed by atoms with Gasteiger partial charge in [0.15, 0.2) is 5.82 Å². The molecule has 0 aliphatic carbocycles. The monoisotopic (exact) mass is 244 g/mol. The third kappa shape index (κ3) is 1.77. The van der Waals surface area contributed by atoms with E-state index in [-0.39, 0.29) is 17.3 Å². The summed E-state index contributed by atoms with van der Waals surface area (Å²) in [5.74, 6) is -1.56. The highest BCUT2D eigenvalue weighted by atomic mass is 35.5. The Labute approximate surface area is 94.6 Å². The Morgan fingerprint density at radius 2 is 2.12 bits per heavy atom. The van der Waals surface area contributed by atoms with Crippen LogP contribution in [0.1, 0.15) is 5.69 Å². The van der Waals surface area contributed by atoms with E-state index >= 15 is 0 Å². The maximum atomic E-state index is 13.5. The number of nitrogens with two attached hydrogens (primary N) is 1. The summed E-state index contributed by atoms with van der Waals surface area (Å²) in [5, 5.41) is 7.15. The first-order chi connectivity index (χ1) is 7.63. The zero-order valence-electron chi connectivity index (χ0n) is 7.99. The first-order valence-corrected chi connectivity index (χ1v) is 4.76. The number of nitrogens with zero attached hydrogens (tertiary/aromatic N) is 3. The fourth-order valence-corrected chi connectivity index (χ4v) is 1.60. The fourth-order valence-electron chi connectivity index (χ4n) is 1.32. The van der Waals surface area contributed by atoms with Gasteiger partial charge in [0.05, 0.1) is 16.9 Å². The van der Waals surface area contributed by atoms with Crippen LogP contribution in [0.3, 0.4) is 0 Å². The van der Waals surface area contributed by atoms with Gasteiger partial charge in [0, 0.05) is 12.6 Å². The SMILES string of the molecule is NCc1cnnn1-c1c(F)cc(F)cc1Cl. The highest BCUT2D eigenvalue weighted by Crippen LogP contribution is 2.25. The molecule has 0 fully saturated rings.